The third kappa shape index (κ3) is 4.64. The summed E-state index contributed by atoms with van der Waals surface area (Å²) in [4.78, 5) is 34.3. The molecule has 1 aromatic heterocycles. The number of aromatic nitrogens is 2. The summed E-state index contributed by atoms with van der Waals surface area (Å²) in [6, 6.07) is 11.9. The van der Waals surface area contributed by atoms with Crippen LogP contribution >= 0.6 is 11.6 Å². The maximum atomic E-state index is 12.2. The maximum Gasteiger partial charge on any atom is 0.338 e. The van der Waals surface area contributed by atoms with Crippen LogP contribution in [0.4, 0.5) is 11.4 Å². The molecular formula is C20H17ClN4O5. The molecule has 1 amide bonds. The summed E-state index contributed by atoms with van der Waals surface area (Å²) in [7, 11) is 0. The Balaban J connectivity index is 1.59. The van der Waals surface area contributed by atoms with Crippen LogP contribution in [0.3, 0.4) is 0 Å². The molecule has 0 saturated heterocycles. The summed E-state index contributed by atoms with van der Waals surface area (Å²) in [6.07, 6.45) is 0. The van der Waals surface area contributed by atoms with E-state index in [0.717, 1.165) is 11.4 Å². The van der Waals surface area contributed by atoms with Crippen LogP contribution < -0.4 is 5.32 Å². The zero-order valence-corrected chi connectivity index (χ0v) is 16.8. The Kier molecular flexibility index (Phi) is 6.12. The number of amides is 1. The minimum absolute atomic E-state index is 0.159. The molecule has 9 nitrogen and oxygen atoms in total. The summed E-state index contributed by atoms with van der Waals surface area (Å²) in [5, 5.41) is 18.1. The van der Waals surface area contributed by atoms with Gasteiger partial charge in [0.25, 0.3) is 11.6 Å². The summed E-state index contributed by atoms with van der Waals surface area (Å²) in [6.45, 7) is 3.11. The predicted molar refractivity (Wildman–Crippen MR) is 110 cm³/mol. The fourth-order valence-electron chi connectivity index (χ4n) is 2.72. The highest BCUT2D eigenvalue weighted by atomic mass is 35.5. The van der Waals surface area contributed by atoms with Crippen molar-refractivity contribution in [1.82, 2.24) is 9.78 Å². The molecule has 0 radical (unpaired) electrons. The van der Waals surface area contributed by atoms with Crippen LogP contribution in [-0.4, -0.2) is 33.2 Å². The number of anilines is 1. The lowest BCUT2D eigenvalue weighted by Gasteiger charge is -2.08. The van der Waals surface area contributed by atoms with Gasteiger partial charge in [0.05, 0.1) is 32.6 Å². The number of carbonyl (C=O) groups is 2. The molecule has 0 aliphatic carbocycles. The van der Waals surface area contributed by atoms with Gasteiger partial charge in [0.15, 0.2) is 6.61 Å². The van der Waals surface area contributed by atoms with Crippen LogP contribution in [0.25, 0.3) is 5.69 Å². The fourth-order valence-corrected chi connectivity index (χ4v) is 2.84. The molecule has 0 spiro atoms. The largest absolute Gasteiger partial charge is 0.452 e. The van der Waals surface area contributed by atoms with E-state index in [4.69, 9.17) is 16.3 Å². The third-order valence-electron chi connectivity index (χ3n) is 4.23. The molecule has 10 heteroatoms. The SMILES string of the molecule is Cc1nn(-c2ccc(C(=O)OCC(=O)Nc3cccc([N+](=O)[O-])c3)cc2)c(C)c1Cl. The quantitative estimate of drug-likeness (QED) is 0.362. The minimum atomic E-state index is -0.679. The first-order valence-corrected chi connectivity index (χ1v) is 9.17. The molecule has 0 unspecified atom stereocenters. The van der Waals surface area contributed by atoms with Crippen LogP contribution in [0.5, 0.6) is 0 Å². The van der Waals surface area contributed by atoms with Crippen LogP contribution in [0.1, 0.15) is 21.7 Å². The number of rotatable bonds is 6. The van der Waals surface area contributed by atoms with Gasteiger partial charge in [0.1, 0.15) is 0 Å². The second-order valence-corrected chi connectivity index (χ2v) is 6.75. The van der Waals surface area contributed by atoms with Crippen molar-refractivity contribution in [2.24, 2.45) is 0 Å². The van der Waals surface area contributed by atoms with E-state index in [1.54, 1.807) is 35.9 Å². The van der Waals surface area contributed by atoms with Crippen molar-refractivity contribution in [3.63, 3.8) is 0 Å². The van der Waals surface area contributed by atoms with Gasteiger partial charge in [-0.2, -0.15) is 5.10 Å². The van der Waals surface area contributed by atoms with Crippen molar-refractivity contribution in [2.45, 2.75) is 13.8 Å². The van der Waals surface area contributed by atoms with Crippen LogP contribution in [0, 0.1) is 24.0 Å². The van der Waals surface area contributed by atoms with Gasteiger partial charge in [0, 0.05) is 17.8 Å². The van der Waals surface area contributed by atoms with E-state index in [9.17, 15) is 19.7 Å². The van der Waals surface area contributed by atoms with Crippen LogP contribution in [0.15, 0.2) is 48.5 Å². The summed E-state index contributed by atoms with van der Waals surface area (Å²) < 4.78 is 6.67. The van der Waals surface area contributed by atoms with Crippen molar-refractivity contribution in [3.8, 4) is 5.69 Å². The lowest BCUT2D eigenvalue weighted by molar-refractivity contribution is -0.384. The lowest BCUT2D eigenvalue weighted by atomic mass is 10.2. The zero-order valence-electron chi connectivity index (χ0n) is 16.1. The van der Waals surface area contributed by atoms with Crippen molar-refractivity contribution >= 4 is 34.9 Å². The number of nitro groups is 1. The third-order valence-corrected chi connectivity index (χ3v) is 4.77. The average molecular weight is 429 g/mol. The van der Waals surface area contributed by atoms with Gasteiger partial charge in [-0.3, -0.25) is 14.9 Å². The highest BCUT2D eigenvalue weighted by Crippen LogP contribution is 2.22. The van der Waals surface area contributed by atoms with E-state index in [1.165, 1.54) is 24.3 Å². The number of esters is 1. The lowest BCUT2D eigenvalue weighted by Crippen LogP contribution is -2.21. The molecule has 3 aromatic rings. The van der Waals surface area contributed by atoms with E-state index in [2.05, 4.69) is 10.4 Å². The molecule has 3 rings (SSSR count). The van der Waals surface area contributed by atoms with Gasteiger partial charge in [-0.05, 0) is 44.2 Å². The first-order valence-electron chi connectivity index (χ1n) is 8.80. The summed E-state index contributed by atoms with van der Waals surface area (Å²) in [5.74, 6) is -1.29. The number of nitrogens with one attached hydrogen (secondary N) is 1. The number of aryl methyl sites for hydroxylation is 1. The highest BCUT2D eigenvalue weighted by Gasteiger charge is 2.14. The summed E-state index contributed by atoms with van der Waals surface area (Å²) >= 11 is 6.15. The molecule has 0 saturated carbocycles. The molecule has 1 heterocycles. The molecule has 2 aromatic carbocycles. The Morgan fingerprint density at radius 3 is 2.50 bits per heavy atom. The highest BCUT2D eigenvalue weighted by molar-refractivity contribution is 6.31. The fraction of sp³-hybridized carbons (Fsp3) is 0.150. The first kappa shape index (κ1) is 21.0. The monoisotopic (exact) mass is 428 g/mol. The van der Waals surface area contributed by atoms with E-state index in [-0.39, 0.29) is 16.9 Å². The summed E-state index contributed by atoms with van der Waals surface area (Å²) in [5.41, 5.74) is 2.54. The number of ether oxygens (including phenoxy) is 1. The number of nitrogens with zero attached hydrogens (tertiary/aromatic N) is 3. The Hall–Kier alpha value is -3.72. The van der Waals surface area contributed by atoms with Crippen LogP contribution in [0.2, 0.25) is 5.02 Å². The van der Waals surface area contributed by atoms with Crippen molar-refractivity contribution in [1.29, 1.82) is 0 Å². The van der Waals surface area contributed by atoms with E-state index >= 15 is 0 Å². The first-order chi connectivity index (χ1) is 14.3. The van der Waals surface area contributed by atoms with Crippen molar-refractivity contribution < 1.29 is 19.2 Å². The Morgan fingerprint density at radius 2 is 1.90 bits per heavy atom. The maximum absolute atomic E-state index is 12.2. The van der Waals surface area contributed by atoms with E-state index in [0.29, 0.717) is 10.7 Å². The standard InChI is InChI=1S/C20H17ClN4O5/c1-12-19(21)13(2)24(23-12)16-8-6-14(7-9-16)20(27)30-11-18(26)22-15-4-3-5-17(10-15)25(28)29/h3-10H,11H2,1-2H3,(H,22,26). The Labute approximate surface area is 176 Å². The molecular weight excluding hydrogens is 412 g/mol. The van der Waals surface area contributed by atoms with E-state index < -0.39 is 23.4 Å². The van der Waals surface area contributed by atoms with Crippen LogP contribution in [-0.2, 0) is 9.53 Å². The topological polar surface area (TPSA) is 116 Å². The molecule has 0 atom stereocenters. The zero-order chi connectivity index (χ0) is 21.8. The van der Waals surface area contributed by atoms with Crippen molar-refractivity contribution in [3.05, 3.63) is 80.6 Å². The second-order valence-electron chi connectivity index (χ2n) is 6.38. The molecule has 1 N–H and O–H groups in total. The second kappa shape index (κ2) is 8.75. The predicted octanol–water partition coefficient (Wildman–Crippen LogP) is 3.85. The molecule has 0 fully saturated rings. The number of hydrogen-bond acceptors (Lipinski definition) is 6. The smallest absolute Gasteiger partial charge is 0.338 e. The number of nitro benzene ring substituents is 1. The van der Waals surface area contributed by atoms with Gasteiger partial charge in [-0.15, -0.1) is 0 Å². The molecule has 0 aliphatic rings. The van der Waals surface area contributed by atoms with Gasteiger partial charge < -0.3 is 10.1 Å². The number of benzene rings is 2. The number of hydrogen-bond donors (Lipinski definition) is 1. The Morgan fingerprint density at radius 1 is 1.20 bits per heavy atom. The number of non-ortho nitro benzene ring substituents is 1. The number of carbonyl (C=O) groups excluding carboxylic acids is 2. The normalized spacial score (nSPS) is 10.5. The van der Waals surface area contributed by atoms with Crippen molar-refractivity contribution in [2.75, 3.05) is 11.9 Å². The molecule has 30 heavy (non-hydrogen) atoms. The number of halogens is 1. The van der Waals surface area contributed by atoms with Gasteiger partial charge in [0.2, 0.25) is 0 Å². The molecule has 154 valence electrons. The van der Waals surface area contributed by atoms with E-state index in [1.807, 2.05) is 6.92 Å². The Bertz CT molecular complexity index is 1120. The van der Waals surface area contributed by atoms with Gasteiger partial charge in [-0.1, -0.05) is 17.7 Å². The molecule has 0 aliphatic heterocycles. The average Bonchev–Trinajstić information content (AvgIpc) is 2.99. The van der Waals surface area contributed by atoms with Gasteiger partial charge in [-0.25, -0.2) is 9.48 Å². The van der Waals surface area contributed by atoms with Gasteiger partial charge >= 0.3 is 5.97 Å². The minimum Gasteiger partial charge on any atom is -0.452 e. The molecule has 0 bridgehead atoms.